The smallest absolute Gasteiger partial charge is 0.269 e. The van der Waals surface area contributed by atoms with E-state index >= 15 is 0 Å². The minimum absolute atomic E-state index is 0.117. The van der Waals surface area contributed by atoms with Gasteiger partial charge in [0, 0.05) is 28.9 Å². The molecular formula is C25H19FN6O. The molecule has 1 amide bonds. The van der Waals surface area contributed by atoms with Gasteiger partial charge >= 0.3 is 0 Å². The molecule has 3 heterocycles. The zero-order valence-corrected chi connectivity index (χ0v) is 17.7. The van der Waals surface area contributed by atoms with Crippen LogP contribution in [0.1, 0.15) is 16.1 Å². The Bertz CT molecular complexity index is 1520. The van der Waals surface area contributed by atoms with Gasteiger partial charge in [0.25, 0.3) is 5.91 Å². The summed E-state index contributed by atoms with van der Waals surface area (Å²) in [5.74, 6) is -0.774. The van der Waals surface area contributed by atoms with Crippen molar-refractivity contribution >= 4 is 22.6 Å². The number of nitrogens with two attached hydrogens (primary N) is 2. The van der Waals surface area contributed by atoms with Crippen molar-refractivity contribution in [3.05, 3.63) is 90.1 Å². The van der Waals surface area contributed by atoms with Crippen molar-refractivity contribution in [2.24, 2.45) is 5.73 Å². The molecule has 5 aromatic rings. The maximum absolute atomic E-state index is 13.6. The number of aromatic nitrogens is 4. The van der Waals surface area contributed by atoms with Gasteiger partial charge in [0.1, 0.15) is 23.0 Å². The van der Waals surface area contributed by atoms with Crippen LogP contribution in [0.25, 0.3) is 39.0 Å². The number of pyridine rings is 2. The SMILES string of the molecule is Cc1ccnc2ccc(-c3cc(-n4ccc(C(N)=O)n4)c(N)nc3-c3ccc(F)cc3)cc12. The molecule has 0 fully saturated rings. The Morgan fingerprint density at radius 3 is 2.48 bits per heavy atom. The van der Waals surface area contributed by atoms with E-state index in [2.05, 4.69) is 15.1 Å². The zero-order valence-electron chi connectivity index (χ0n) is 17.7. The van der Waals surface area contributed by atoms with Crippen LogP contribution in [0.3, 0.4) is 0 Å². The van der Waals surface area contributed by atoms with Crippen LogP contribution in [0.5, 0.6) is 0 Å². The second kappa shape index (κ2) is 7.83. The lowest BCUT2D eigenvalue weighted by Crippen LogP contribution is -2.13. The summed E-state index contributed by atoms with van der Waals surface area (Å²) in [6, 6.07) is 17.3. The first-order valence-electron chi connectivity index (χ1n) is 10.2. The molecule has 3 aromatic heterocycles. The Morgan fingerprint density at radius 2 is 1.76 bits per heavy atom. The van der Waals surface area contributed by atoms with Gasteiger partial charge in [0.15, 0.2) is 0 Å². The molecule has 0 spiro atoms. The fourth-order valence-electron chi connectivity index (χ4n) is 3.79. The number of nitrogens with zero attached hydrogens (tertiary/aromatic N) is 4. The first-order valence-corrected chi connectivity index (χ1v) is 10.2. The van der Waals surface area contributed by atoms with Crippen molar-refractivity contribution in [3.63, 3.8) is 0 Å². The molecule has 0 unspecified atom stereocenters. The summed E-state index contributed by atoms with van der Waals surface area (Å²) in [7, 11) is 0. The largest absolute Gasteiger partial charge is 0.382 e. The Hall–Kier alpha value is -4.59. The van der Waals surface area contributed by atoms with Crippen LogP contribution in [0.2, 0.25) is 0 Å². The molecule has 4 N–H and O–H groups in total. The molecule has 162 valence electrons. The maximum Gasteiger partial charge on any atom is 0.269 e. The van der Waals surface area contributed by atoms with E-state index in [1.54, 1.807) is 24.5 Å². The third kappa shape index (κ3) is 3.67. The number of rotatable bonds is 4. The third-order valence-corrected chi connectivity index (χ3v) is 5.51. The molecule has 0 saturated carbocycles. The van der Waals surface area contributed by atoms with Gasteiger partial charge in [0.2, 0.25) is 0 Å². The van der Waals surface area contributed by atoms with Gasteiger partial charge < -0.3 is 11.5 Å². The number of carbonyl (C=O) groups excluding carboxylic acids is 1. The molecule has 2 aromatic carbocycles. The second-order valence-electron chi connectivity index (χ2n) is 7.67. The number of anilines is 1. The minimum atomic E-state index is -0.638. The maximum atomic E-state index is 13.6. The summed E-state index contributed by atoms with van der Waals surface area (Å²) in [5, 5.41) is 5.22. The molecular weight excluding hydrogens is 419 g/mol. The minimum Gasteiger partial charge on any atom is -0.382 e. The zero-order chi connectivity index (χ0) is 23.1. The summed E-state index contributed by atoms with van der Waals surface area (Å²) < 4.78 is 15.0. The lowest BCUT2D eigenvalue weighted by molar-refractivity contribution is 0.0995. The van der Waals surface area contributed by atoms with Crippen LogP contribution in [0, 0.1) is 12.7 Å². The molecule has 0 bridgehead atoms. The summed E-state index contributed by atoms with van der Waals surface area (Å²) in [5.41, 5.74) is 17.2. The van der Waals surface area contributed by atoms with E-state index in [9.17, 15) is 9.18 Å². The van der Waals surface area contributed by atoms with Gasteiger partial charge in [-0.1, -0.05) is 6.07 Å². The van der Waals surface area contributed by atoms with Crippen molar-refractivity contribution in [2.45, 2.75) is 6.92 Å². The van der Waals surface area contributed by atoms with Crippen LogP contribution in [0.15, 0.2) is 73.1 Å². The Kier molecular flexibility index (Phi) is 4.82. The van der Waals surface area contributed by atoms with E-state index in [4.69, 9.17) is 11.5 Å². The number of aryl methyl sites for hydroxylation is 1. The number of halogens is 1. The number of nitrogen functional groups attached to an aromatic ring is 1. The van der Waals surface area contributed by atoms with E-state index in [1.807, 2.05) is 37.3 Å². The molecule has 33 heavy (non-hydrogen) atoms. The van der Waals surface area contributed by atoms with Crippen LogP contribution in [0.4, 0.5) is 10.2 Å². The molecule has 0 aliphatic rings. The average Bonchev–Trinajstić information content (AvgIpc) is 3.30. The van der Waals surface area contributed by atoms with Gasteiger partial charge in [-0.15, -0.1) is 0 Å². The molecule has 0 radical (unpaired) electrons. The van der Waals surface area contributed by atoms with Crippen molar-refractivity contribution in [3.8, 4) is 28.1 Å². The van der Waals surface area contributed by atoms with Gasteiger partial charge in [-0.05, 0) is 72.6 Å². The summed E-state index contributed by atoms with van der Waals surface area (Å²) in [6.07, 6.45) is 3.38. The highest BCUT2D eigenvalue weighted by atomic mass is 19.1. The van der Waals surface area contributed by atoms with Gasteiger partial charge in [-0.2, -0.15) is 5.10 Å². The lowest BCUT2D eigenvalue weighted by atomic mass is 9.96. The first-order chi connectivity index (χ1) is 15.9. The van der Waals surface area contributed by atoms with Crippen molar-refractivity contribution in [2.75, 3.05) is 5.73 Å². The fourth-order valence-corrected chi connectivity index (χ4v) is 3.79. The number of benzene rings is 2. The van der Waals surface area contributed by atoms with Gasteiger partial charge in [-0.25, -0.2) is 14.1 Å². The fraction of sp³-hybridized carbons (Fsp3) is 0.0400. The molecule has 7 nitrogen and oxygen atoms in total. The van der Waals surface area contributed by atoms with E-state index in [0.717, 1.165) is 27.6 Å². The average molecular weight is 438 g/mol. The molecule has 8 heteroatoms. The first kappa shape index (κ1) is 20.3. The Morgan fingerprint density at radius 1 is 1.00 bits per heavy atom. The highest BCUT2D eigenvalue weighted by Gasteiger charge is 2.17. The van der Waals surface area contributed by atoms with Gasteiger partial charge in [0.05, 0.1) is 11.2 Å². The predicted molar refractivity (Wildman–Crippen MR) is 125 cm³/mol. The summed E-state index contributed by atoms with van der Waals surface area (Å²) in [6.45, 7) is 2.02. The van der Waals surface area contributed by atoms with Crippen molar-refractivity contribution in [1.29, 1.82) is 0 Å². The summed E-state index contributed by atoms with van der Waals surface area (Å²) in [4.78, 5) is 20.6. The number of hydrogen-bond donors (Lipinski definition) is 2. The quantitative estimate of drug-likeness (QED) is 0.435. The van der Waals surface area contributed by atoms with Crippen molar-refractivity contribution in [1.82, 2.24) is 19.7 Å². The normalized spacial score (nSPS) is 11.1. The standard InChI is InChI=1S/C25H19FN6O/c1-14-8-10-29-20-7-4-16(12-18(14)20)19-13-22(32-11-9-21(31-32)25(28)33)24(27)30-23(19)15-2-5-17(26)6-3-15/h2-13H,1H3,(H2,27,30)(H2,28,33). The number of carbonyl (C=O) groups is 1. The van der Waals surface area contributed by atoms with E-state index in [0.29, 0.717) is 16.9 Å². The molecule has 0 aliphatic heterocycles. The van der Waals surface area contributed by atoms with Crippen LogP contribution < -0.4 is 11.5 Å². The van der Waals surface area contributed by atoms with E-state index in [-0.39, 0.29) is 17.3 Å². The van der Waals surface area contributed by atoms with Crippen LogP contribution in [-0.2, 0) is 0 Å². The predicted octanol–water partition coefficient (Wildman–Crippen LogP) is 4.28. The summed E-state index contributed by atoms with van der Waals surface area (Å²) >= 11 is 0. The monoisotopic (exact) mass is 438 g/mol. The highest BCUT2D eigenvalue weighted by molar-refractivity contribution is 5.92. The highest BCUT2D eigenvalue weighted by Crippen LogP contribution is 2.36. The lowest BCUT2D eigenvalue weighted by Gasteiger charge is -2.15. The topological polar surface area (TPSA) is 113 Å². The molecule has 0 saturated heterocycles. The molecule has 0 aliphatic carbocycles. The third-order valence-electron chi connectivity index (χ3n) is 5.51. The van der Waals surface area contributed by atoms with E-state index < -0.39 is 5.91 Å². The number of hydrogen-bond acceptors (Lipinski definition) is 5. The number of primary amides is 1. The van der Waals surface area contributed by atoms with Crippen LogP contribution >= 0.6 is 0 Å². The Balaban J connectivity index is 1.76. The van der Waals surface area contributed by atoms with Crippen LogP contribution in [-0.4, -0.2) is 25.7 Å². The second-order valence-corrected chi connectivity index (χ2v) is 7.67. The molecule has 0 atom stereocenters. The number of fused-ring (bicyclic) bond motifs is 1. The van der Waals surface area contributed by atoms with Crippen molar-refractivity contribution < 1.29 is 9.18 Å². The number of amides is 1. The van der Waals surface area contributed by atoms with Gasteiger partial charge in [-0.3, -0.25) is 9.78 Å². The Labute approximate surface area is 188 Å². The van der Waals surface area contributed by atoms with E-state index in [1.165, 1.54) is 22.9 Å². The molecule has 5 rings (SSSR count).